The molecule has 1 aromatic heterocycles. The molecule has 0 aliphatic rings. The summed E-state index contributed by atoms with van der Waals surface area (Å²) in [4.78, 5) is 23.2. The lowest BCUT2D eigenvalue weighted by Crippen LogP contribution is -2.40. The molecular formula is C15H18N4O3. The molecule has 0 bridgehead atoms. The number of amides is 1. The standard InChI is InChI=1S/C15H18N4O3/c1-2-3-9-12(15(21)22)16-14(20)13-10-19(18-17-13)11-7-5-4-6-8-11/h4-8,10,12H,2-3,9H2,1H3,(H,16,20)(H,21,22)/t12-/m0/s1. The maximum atomic E-state index is 12.1. The summed E-state index contributed by atoms with van der Waals surface area (Å²) in [7, 11) is 0. The number of carboxylic acid groups (broad SMARTS) is 1. The molecule has 0 saturated carbocycles. The number of benzene rings is 1. The van der Waals surface area contributed by atoms with Crippen molar-refractivity contribution in [2.24, 2.45) is 0 Å². The lowest BCUT2D eigenvalue weighted by molar-refractivity contribution is -0.139. The minimum Gasteiger partial charge on any atom is -0.480 e. The van der Waals surface area contributed by atoms with Gasteiger partial charge in [-0.25, -0.2) is 9.48 Å². The molecule has 2 aromatic rings. The zero-order chi connectivity index (χ0) is 15.9. The molecule has 0 fully saturated rings. The van der Waals surface area contributed by atoms with E-state index < -0.39 is 17.9 Å². The Hall–Kier alpha value is -2.70. The van der Waals surface area contributed by atoms with E-state index >= 15 is 0 Å². The van der Waals surface area contributed by atoms with Gasteiger partial charge in [0.25, 0.3) is 5.91 Å². The Balaban J connectivity index is 2.06. The van der Waals surface area contributed by atoms with Gasteiger partial charge in [-0.15, -0.1) is 5.10 Å². The monoisotopic (exact) mass is 302 g/mol. The number of nitrogens with zero attached hydrogens (tertiary/aromatic N) is 3. The molecule has 0 aliphatic heterocycles. The fourth-order valence-electron chi connectivity index (χ4n) is 1.97. The van der Waals surface area contributed by atoms with Crippen molar-refractivity contribution in [3.8, 4) is 5.69 Å². The number of aromatic nitrogens is 3. The van der Waals surface area contributed by atoms with Crippen molar-refractivity contribution in [1.82, 2.24) is 20.3 Å². The number of para-hydroxylation sites is 1. The number of hydrogen-bond acceptors (Lipinski definition) is 4. The smallest absolute Gasteiger partial charge is 0.326 e. The zero-order valence-corrected chi connectivity index (χ0v) is 12.3. The van der Waals surface area contributed by atoms with Crippen molar-refractivity contribution < 1.29 is 14.7 Å². The quantitative estimate of drug-likeness (QED) is 0.810. The Bertz CT molecular complexity index is 639. The number of nitrogens with one attached hydrogen (secondary N) is 1. The van der Waals surface area contributed by atoms with Crippen molar-refractivity contribution in [3.05, 3.63) is 42.2 Å². The maximum Gasteiger partial charge on any atom is 0.326 e. The number of carbonyl (C=O) groups is 2. The van der Waals surface area contributed by atoms with E-state index in [0.29, 0.717) is 6.42 Å². The van der Waals surface area contributed by atoms with Gasteiger partial charge in [0.05, 0.1) is 11.9 Å². The van der Waals surface area contributed by atoms with Crippen molar-refractivity contribution in [2.75, 3.05) is 0 Å². The molecule has 7 heteroatoms. The van der Waals surface area contributed by atoms with Gasteiger partial charge in [-0.2, -0.15) is 0 Å². The van der Waals surface area contributed by atoms with E-state index in [4.69, 9.17) is 5.11 Å². The highest BCUT2D eigenvalue weighted by atomic mass is 16.4. The second kappa shape index (κ2) is 7.35. The van der Waals surface area contributed by atoms with Crippen LogP contribution in [0.25, 0.3) is 5.69 Å². The summed E-state index contributed by atoms with van der Waals surface area (Å²) in [6, 6.07) is 8.33. The minimum atomic E-state index is -1.04. The van der Waals surface area contributed by atoms with E-state index in [-0.39, 0.29) is 5.69 Å². The van der Waals surface area contributed by atoms with Gasteiger partial charge in [0.1, 0.15) is 6.04 Å². The van der Waals surface area contributed by atoms with Crippen LogP contribution in [0, 0.1) is 0 Å². The first-order chi connectivity index (χ1) is 10.6. The summed E-state index contributed by atoms with van der Waals surface area (Å²) in [5.74, 6) is -1.58. The first kappa shape index (κ1) is 15.7. The van der Waals surface area contributed by atoms with E-state index in [2.05, 4.69) is 15.6 Å². The molecule has 0 spiro atoms. The summed E-state index contributed by atoms with van der Waals surface area (Å²) < 4.78 is 1.47. The number of aliphatic carboxylic acids is 1. The fourth-order valence-corrected chi connectivity index (χ4v) is 1.97. The van der Waals surface area contributed by atoms with Crippen LogP contribution in [0.2, 0.25) is 0 Å². The largest absolute Gasteiger partial charge is 0.480 e. The van der Waals surface area contributed by atoms with Gasteiger partial charge in [0.2, 0.25) is 0 Å². The summed E-state index contributed by atoms with van der Waals surface area (Å²) >= 11 is 0. The molecule has 0 saturated heterocycles. The van der Waals surface area contributed by atoms with Crippen LogP contribution in [0.5, 0.6) is 0 Å². The van der Waals surface area contributed by atoms with Crippen molar-refractivity contribution in [3.63, 3.8) is 0 Å². The van der Waals surface area contributed by atoms with E-state index in [9.17, 15) is 9.59 Å². The van der Waals surface area contributed by atoms with Crippen molar-refractivity contribution in [1.29, 1.82) is 0 Å². The molecule has 7 nitrogen and oxygen atoms in total. The first-order valence-electron chi connectivity index (χ1n) is 7.13. The molecule has 0 radical (unpaired) electrons. The molecule has 1 amide bonds. The van der Waals surface area contributed by atoms with Crippen LogP contribution < -0.4 is 5.32 Å². The molecule has 1 heterocycles. The van der Waals surface area contributed by atoms with Gasteiger partial charge in [0, 0.05) is 0 Å². The molecule has 2 rings (SSSR count). The highest BCUT2D eigenvalue weighted by Crippen LogP contribution is 2.07. The van der Waals surface area contributed by atoms with Gasteiger partial charge < -0.3 is 10.4 Å². The van der Waals surface area contributed by atoms with Crippen LogP contribution >= 0.6 is 0 Å². The second-order valence-corrected chi connectivity index (χ2v) is 4.89. The van der Waals surface area contributed by atoms with Gasteiger partial charge in [-0.3, -0.25) is 4.79 Å². The van der Waals surface area contributed by atoms with Crippen LogP contribution in [0.1, 0.15) is 36.7 Å². The predicted molar refractivity (Wildman–Crippen MR) is 79.8 cm³/mol. The minimum absolute atomic E-state index is 0.0894. The number of carbonyl (C=O) groups excluding carboxylic acids is 1. The molecule has 116 valence electrons. The Morgan fingerprint density at radius 3 is 2.68 bits per heavy atom. The van der Waals surface area contributed by atoms with Gasteiger partial charge in [0.15, 0.2) is 5.69 Å². The van der Waals surface area contributed by atoms with Crippen LogP contribution in [0.3, 0.4) is 0 Å². The normalized spacial score (nSPS) is 11.9. The van der Waals surface area contributed by atoms with Crippen molar-refractivity contribution >= 4 is 11.9 Å². The predicted octanol–water partition coefficient (Wildman–Crippen LogP) is 1.64. The molecule has 22 heavy (non-hydrogen) atoms. The average molecular weight is 302 g/mol. The summed E-state index contributed by atoms with van der Waals surface area (Å²) in [5, 5.41) is 19.3. The third-order valence-corrected chi connectivity index (χ3v) is 3.20. The second-order valence-electron chi connectivity index (χ2n) is 4.89. The summed E-state index contributed by atoms with van der Waals surface area (Å²) in [6.07, 6.45) is 3.46. The van der Waals surface area contributed by atoms with E-state index in [1.165, 1.54) is 10.9 Å². The topological polar surface area (TPSA) is 97.1 Å². The van der Waals surface area contributed by atoms with E-state index in [1.54, 1.807) is 0 Å². The summed E-state index contributed by atoms with van der Waals surface area (Å²) in [6.45, 7) is 1.96. The number of unbranched alkanes of at least 4 members (excludes halogenated alkanes) is 1. The number of carboxylic acids is 1. The molecular weight excluding hydrogens is 284 g/mol. The third kappa shape index (κ3) is 3.91. The lowest BCUT2D eigenvalue weighted by atomic mass is 10.1. The highest BCUT2D eigenvalue weighted by molar-refractivity contribution is 5.94. The van der Waals surface area contributed by atoms with E-state index in [1.807, 2.05) is 37.3 Å². The average Bonchev–Trinajstić information content (AvgIpc) is 3.02. The van der Waals surface area contributed by atoms with Crippen LogP contribution in [0.15, 0.2) is 36.5 Å². The Morgan fingerprint density at radius 1 is 1.32 bits per heavy atom. The van der Waals surface area contributed by atoms with Crippen LogP contribution in [0.4, 0.5) is 0 Å². The molecule has 2 N–H and O–H groups in total. The van der Waals surface area contributed by atoms with Crippen molar-refractivity contribution in [2.45, 2.75) is 32.2 Å². The molecule has 0 aliphatic carbocycles. The first-order valence-corrected chi connectivity index (χ1v) is 7.13. The van der Waals surface area contributed by atoms with Gasteiger partial charge >= 0.3 is 5.97 Å². The SMILES string of the molecule is CCCC[C@H](NC(=O)c1cn(-c2ccccc2)nn1)C(=O)O. The third-order valence-electron chi connectivity index (χ3n) is 3.20. The van der Waals surface area contributed by atoms with Crippen LogP contribution in [-0.2, 0) is 4.79 Å². The molecule has 1 atom stereocenters. The van der Waals surface area contributed by atoms with Gasteiger partial charge in [-0.1, -0.05) is 43.2 Å². The fraction of sp³-hybridized carbons (Fsp3) is 0.333. The van der Waals surface area contributed by atoms with E-state index in [0.717, 1.165) is 18.5 Å². The van der Waals surface area contributed by atoms with Crippen LogP contribution in [-0.4, -0.2) is 38.0 Å². The van der Waals surface area contributed by atoms with Gasteiger partial charge in [-0.05, 0) is 18.6 Å². The zero-order valence-electron chi connectivity index (χ0n) is 12.3. The number of hydrogen-bond donors (Lipinski definition) is 2. The lowest BCUT2D eigenvalue weighted by Gasteiger charge is -2.12. The summed E-state index contributed by atoms with van der Waals surface area (Å²) in [5.41, 5.74) is 0.862. The highest BCUT2D eigenvalue weighted by Gasteiger charge is 2.21. The molecule has 0 unspecified atom stereocenters. The maximum absolute atomic E-state index is 12.1. The Kier molecular flexibility index (Phi) is 5.24. The number of rotatable bonds is 7. The Morgan fingerprint density at radius 2 is 2.05 bits per heavy atom. The Labute approximate surface area is 128 Å². The molecule has 1 aromatic carbocycles.